The summed E-state index contributed by atoms with van der Waals surface area (Å²) in [5.74, 6) is 0. The molecule has 0 aromatic heterocycles. The van der Waals surface area contributed by atoms with Gasteiger partial charge in [-0.05, 0) is 54.4 Å². The van der Waals surface area contributed by atoms with E-state index in [9.17, 15) is 0 Å². The molecule has 1 aliphatic heterocycles. The zero-order chi connectivity index (χ0) is 16.3. The lowest BCUT2D eigenvalue weighted by atomic mass is 10.0. The third kappa shape index (κ3) is 3.30. The van der Waals surface area contributed by atoms with Gasteiger partial charge in [0.15, 0.2) is 0 Å². The minimum Gasteiger partial charge on any atom is -0.362 e. The Hall–Kier alpha value is -0.523. The van der Waals surface area contributed by atoms with Crippen LogP contribution in [0.3, 0.4) is 0 Å². The predicted octanol–water partition coefficient (Wildman–Crippen LogP) is 3.96. The maximum atomic E-state index is 6.34. The van der Waals surface area contributed by atoms with Gasteiger partial charge < -0.3 is 18.0 Å². The van der Waals surface area contributed by atoms with Gasteiger partial charge in [-0.25, -0.2) is 0 Å². The Morgan fingerprint density at radius 2 is 1.10 bits per heavy atom. The van der Waals surface area contributed by atoms with Crippen LogP contribution >= 0.6 is 0 Å². The highest BCUT2D eigenvalue weighted by Crippen LogP contribution is 2.39. The number of hydrogen-bond donors (Lipinski definition) is 0. The van der Waals surface area contributed by atoms with E-state index in [1.165, 1.54) is 0 Å². The van der Waals surface area contributed by atoms with Gasteiger partial charge in [0.25, 0.3) is 0 Å². The van der Waals surface area contributed by atoms with Crippen molar-refractivity contribution in [2.75, 3.05) is 13.2 Å². The van der Waals surface area contributed by atoms with Gasteiger partial charge in [-0.2, -0.15) is 0 Å². The van der Waals surface area contributed by atoms with Crippen molar-refractivity contribution in [2.45, 2.75) is 79.3 Å². The van der Waals surface area contributed by atoms with Gasteiger partial charge in [0.05, 0.1) is 0 Å². The van der Waals surface area contributed by atoms with Gasteiger partial charge in [-0.3, -0.25) is 0 Å². The molecular formula is C16H34N2O2Si. The second-order valence-corrected chi connectivity index (χ2v) is 9.42. The summed E-state index contributed by atoms with van der Waals surface area (Å²) in [5.41, 5.74) is 0.0390. The molecule has 5 heteroatoms. The Balaban J connectivity index is 3.32. The lowest BCUT2D eigenvalue weighted by Crippen LogP contribution is -2.71. The van der Waals surface area contributed by atoms with E-state index in [-0.39, 0.29) is 11.1 Å². The standard InChI is InChI=1S/C16H34N2O2Si/c1-9-15(5,6)17-13-14-18(16(7,8)10-2)21(17,19-11-3)20-12-4/h13-14H,9-12H2,1-8H3. The average molecular weight is 315 g/mol. The summed E-state index contributed by atoms with van der Waals surface area (Å²) < 4.78 is 17.4. The van der Waals surface area contributed by atoms with Crippen LogP contribution in [-0.4, -0.2) is 42.3 Å². The molecule has 0 saturated carbocycles. The van der Waals surface area contributed by atoms with E-state index in [0.717, 1.165) is 12.8 Å². The van der Waals surface area contributed by atoms with Gasteiger partial charge >= 0.3 is 8.88 Å². The molecule has 0 radical (unpaired) electrons. The normalized spacial score (nSPS) is 18.7. The van der Waals surface area contributed by atoms with Gasteiger partial charge in [-0.15, -0.1) is 0 Å². The van der Waals surface area contributed by atoms with Crippen molar-refractivity contribution < 1.29 is 8.85 Å². The van der Waals surface area contributed by atoms with E-state index in [1.807, 2.05) is 0 Å². The molecule has 0 bridgehead atoms. The summed E-state index contributed by atoms with van der Waals surface area (Å²) in [7, 11) is -2.65. The fourth-order valence-electron chi connectivity index (χ4n) is 2.64. The van der Waals surface area contributed by atoms with Crippen molar-refractivity contribution in [3.63, 3.8) is 0 Å². The molecule has 1 rings (SSSR count). The summed E-state index contributed by atoms with van der Waals surface area (Å²) in [5, 5.41) is 0. The molecule has 0 atom stereocenters. The highest BCUT2D eigenvalue weighted by molar-refractivity contribution is 6.63. The molecule has 1 heterocycles. The first kappa shape index (κ1) is 18.5. The van der Waals surface area contributed by atoms with E-state index in [0.29, 0.717) is 13.2 Å². The van der Waals surface area contributed by atoms with Crippen molar-refractivity contribution in [3.05, 3.63) is 12.4 Å². The monoisotopic (exact) mass is 314 g/mol. The summed E-state index contributed by atoms with van der Waals surface area (Å²) in [4.78, 5) is 0. The molecule has 0 aromatic carbocycles. The Kier molecular flexibility index (Phi) is 5.92. The van der Waals surface area contributed by atoms with Crippen LogP contribution in [0.2, 0.25) is 0 Å². The largest absolute Gasteiger partial charge is 0.589 e. The minimum absolute atomic E-state index is 0.0195. The topological polar surface area (TPSA) is 24.9 Å². The highest BCUT2D eigenvalue weighted by Gasteiger charge is 2.60. The molecule has 4 nitrogen and oxygen atoms in total. The Bertz CT molecular complexity index is 335. The predicted molar refractivity (Wildman–Crippen MR) is 90.6 cm³/mol. The maximum absolute atomic E-state index is 6.34. The molecule has 0 saturated heterocycles. The van der Waals surface area contributed by atoms with Crippen LogP contribution in [0.15, 0.2) is 12.4 Å². The van der Waals surface area contributed by atoms with Crippen molar-refractivity contribution >= 4 is 8.88 Å². The number of hydrogen-bond acceptors (Lipinski definition) is 4. The molecule has 124 valence electrons. The van der Waals surface area contributed by atoms with E-state index >= 15 is 0 Å². The molecule has 0 spiro atoms. The van der Waals surface area contributed by atoms with E-state index < -0.39 is 8.88 Å². The third-order valence-electron chi connectivity index (χ3n) is 4.67. The Morgan fingerprint density at radius 3 is 1.33 bits per heavy atom. The molecule has 0 amide bonds. The Labute approximate surface area is 132 Å². The maximum Gasteiger partial charge on any atom is 0.589 e. The van der Waals surface area contributed by atoms with Crippen LogP contribution in [-0.2, 0) is 8.85 Å². The lowest BCUT2D eigenvalue weighted by Gasteiger charge is -2.50. The summed E-state index contributed by atoms with van der Waals surface area (Å²) >= 11 is 0. The van der Waals surface area contributed by atoms with Crippen molar-refractivity contribution in [1.82, 2.24) is 9.13 Å². The van der Waals surface area contributed by atoms with Gasteiger partial charge in [0.2, 0.25) is 0 Å². The van der Waals surface area contributed by atoms with E-state index in [2.05, 4.69) is 76.9 Å². The van der Waals surface area contributed by atoms with Crippen molar-refractivity contribution in [1.29, 1.82) is 0 Å². The molecule has 21 heavy (non-hydrogen) atoms. The molecule has 0 fully saturated rings. The van der Waals surface area contributed by atoms with Crippen LogP contribution in [0.5, 0.6) is 0 Å². The van der Waals surface area contributed by atoms with Crippen LogP contribution in [0.1, 0.15) is 68.2 Å². The molecular weight excluding hydrogens is 280 g/mol. The quantitative estimate of drug-likeness (QED) is 0.633. The highest BCUT2D eigenvalue weighted by atomic mass is 28.4. The van der Waals surface area contributed by atoms with Gasteiger partial charge in [0.1, 0.15) is 0 Å². The second kappa shape index (κ2) is 6.71. The van der Waals surface area contributed by atoms with Crippen LogP contribution < -0.4 is 0 Å². The zero-order valence-electron chi connectivity index (χ0n) is 15.2. The van der Waals surface area contributed by atoms with Gasteiger partial charge in [-0.1, -0.05) is 13.8 Å². The lowest BCUT2D eigenvalue weighted by molar-refractivity contribution is 0.0471. The number of nitrogens with zero attached hydrogens (tertiary/aromatic N) is 2. The van der Waals surface area contributed by atoms with Crippen molar-refractivity contribution in [2.24, 2.45) is 0 Å². The second-order valence-electron chi connectivity index (χ2n) is 6.78. The van der Waals surface area contributed by atoms with Crippen LogP contribution in [0.25, 0.3) is 0 Å². The van der Waals surface area contributed by atoms with E-state index in [1.54, 1.807) is 0 Å². The smallest absolute Gasteiger partial charge is 0.362 e. The summed E-state index contributed by atoms with van der Waals surface area (Å²) in [6, 6.07) is 0. The number of rotatable bonds is 8. The minimum atomic E-state index is -2.65. The SMILES string of the molecule is CCO[Si]1(OCC)N(C(C)(C)CC)C=CN1C(C)(C)CC. The van der Waals surface area contributed by atoms with Crippen LogP contribution in [0, 0.1) is 0 Å². The van der Waals surface area contributed by atoms with Crippen molar-refractivity contribution in [3.8, 4) is 0 Å². The first-order valence-electron chi connectivity index (χ1n) is 8.27. The fraction of sp³-hybridized carbons (Fsp3) is 0.875. The van der Waals surface area contributed by atoms with Crippen LogP contribution in [0.4, 0.5) is 0 Å². The third-order valence-corrected chi connectivity index (χ3v) is 8.73. The molecule has 0 aromatic rings. The molecule has 0 aliphatic carbocycles. The average Bonchev–Trinajstić information content (AvgIpc) is 2.80. The summed E-state index contributed by atoms with van der Waals surface area (Å²) in [6.45, 7) is 18.9. The molecule has 0 N–H and O–H groups in total. The van der Waals surface area contributed by atoms with E-state index in [4.69, 9.17) is 8.85 Å². The first-order chi connectivity index (χ1) is 9.71. The summed E-state index contributed by atoms with van der Waals surface area (Å²) in [6.07, 6.45) is 6.45. The molecule has 1 aliphatic rings. The fourth-order valence-corrected chi connectivity index (χ4v) is 6.62. The zero-order valence-corrected chi connectivity index (χ0v) is 16.2. The Morgan fingerprint density at radius 1 is 0.762 bits per heavy atom. The van der Waals surface area contributed by atoms with Gasteiger partial charge in [0, 0.05) is 36.7 Å². The first-order valence-corrected chi connectivity index (χ1v) is 9.98. The molecule has 0 unspecified atom stereocenters.